The van der Waals surface area contributed by atoms with Crippen LogP contribution in [0.2, 0.25) is 0 Å². The third-order valence-electron chi connectivity index (χ3n) is 3.56. The van der Waals surface area contributed by atoms with Crippen molar-refractivity contribution in [2.24, 2.45) is 0 Å². The number of aromatic nitrogens is 2. The Morgan fingerprint density at radius 2 is 1.86 bits per heavy atom. The summed E-state index contributed by atoms with van der Waals surface area (Å²) in [5, 5.41) is 3.33. The Kier molecular flexibility index (Phi) is 7.95. The molecule has 126 valence electrons. The van der Waals surface area contributed by atoms with Crippen LogP contribution in [-0.4, -0.2) is 47.7 Å². The zero-order valence-corrected chi connectivity index (χ0v) is 14.6. The number of nitrogens with two attached hydrogens (primary N) is 1. The Morgan fingerprint density at radius 1 is 1.18 bits per heavy atom. The Balaban J connectivity index is 2.72. The summed E-state index contributed by atoms with van der Waals surface area (Å²) in [5.41, 5.74) is 6.60. The summed E-state index contributed by atoms with van der Waals surface area (Å²) in [7, 11) is 0. The van der Waals surface area contributed by atoms with Gasteiger partial charge < -0.3 is 20.7 Å². The number of nitrogens with one attached hydrogen (secondary N) is 1. The molecule has 0 amide bonds. The van der Waals surface area contributed by atoms with Gasteiger partial charge in [0.2, 0.25) is 5.88 Å². The molecule has 6 heteroatoms. The van der Waals surface area contributed by atoms with E-state index >= 15 is 0 Å². The average molecular weight is 309 g/mol. The summed E-state index contributed by atoms with van der Waals surface area (Å²) in [6.07, 6.45) is 1.05. The summed E-state index contributed by atoms with van der Waals surface area (Å²) in [6.45, 7) is 15.0. The number of ether oxygens (including phenoxy) is 1. The molecule has 1 aromatic heterocycles. The highest BCUT2D eigenvalue weighted by Crippen LogP contribution is 2.28. The first-order valence-corrected chi connectivity index (χ1v) is 8.29. The summed E-state index contributed by atoms with van der Waals surface area (Å²) in [4.78, 5) is 11.3. The van der Waals surface area contributed by atoms with Crippen molar-refractivity contribution < 1.29 is 4.74 Å². The second-order valence-corrected chi connectivity index (χ2v) is 5.54. The van der Waals surface area contributed by atoms with Crippen LogP contribution in [0.3, 0.4) is 0 Å². The Morgan fingerprint density at radius 3 is 2.41 bits per heavy atom. The minimum absolute atomic E-state index is 0.232. The maximum Gasteiger partial charge on any atom is 0.242 e. The molecule has 1 aromatic rings. The third-order valence-corrected chi connectivity index (χ3v) is 3.56. The van der Waals surface area contributed by atoms with Crippen molar-refractivity contribution in [3.05, 3.63) is 5.82 Å². The fourth-order valence-electron chi connectivity index (χ4n) is 2.15. The van der Waals surface area contributed by atoms with E-state index in [1.807, 2.05) is 6.92 Å². The van der Waals surface area contributed by atoms with E-state index < -0.39 is 0 Å². The first-order valence-electron chi connectivity index (χ1n) is 8.29. The SMILES string of the molecule is CCOc1nc(C(C)C)nc(NCCCN(CC)CC)c1N. The molecular formula is C16H31N5O. The maximum atomic E-state index is 6.11. The first-order chi connectivity index (χ1) is 10.5. The Labute approximate surface area is 134 Å². The molecule has 0 radical (unpaired) electrons. The standard InChI is InChI=1S/C16H31N5O/c1-6-21(7-2)11-9-10-18-15-13(17)16(22-8-3)20-14(19-15)12(4)5/h12H,6-11,17H2,1-5H3,(H,18,19,20). The predicted octanol–water partition coefficient (Wildman–Crippen LogP) is 2.72. The second kappa shape index (κ2) is 9.46. The van der Waals surface area contributed by atoms with E-state index in [0.717, 1.165) is 38.4 Å². The molecule has 0 bridgehead atoms. The van der Waals surface area contributed by atoms with Crippen molar-refractivity contribution in [2.45, 2.75) is 47.0 Å². The fourth-order valence-corrected chi connectivity index (χ4v) is 2.15. The van der Waals surface area contributed by atoms with Gasteiger partial charge in [-0.1, -0.05) is 27.7 Å². The zero-order chi connectivity index (χ0) is 16.5. The van der Waals surface area contributed by atoms with E-state index in [2.05, 4.69) is 47.9 Å². The van der Waals surface area contributed by atoms with Gasteiger partial charge in [-0.3, -0.25) is 0 Å². The zero-order valence-electron chi connectivity index (χ0n) is 14.6. The number of nitrogen functional groups attached to an aromatic ring is 1. The van der Waals surface area contributed by atoms with E-state index in [1.54, 1.807) is 0 Å². The van der Waals surface area contributed by atoms with Gasteiger partial charge in [0, 0.05) is 12.5 Å². The predicted molar refractivity (Wildman–Crippen MR) is 92.6 cm³/mol. The normalized spacial score (nSPS) is 11.2. The van der Waals surface area contributed by atoms with E-state index in [9.17, 15) is 0 Å². The van der Waals surface area contributed by atoms with Gasteiger partial charge in [-0.25, -0.2) is 4.98 Å². The second-order valence-electron chi connectivity index (χ2n) is 5.54. The largest absolute Gasteiger partial charge is 0.476 e. The van der Waals surface area contributed by atoms with Gasteiger partial charge >= 0.3 is 0 Å². The highest BCUT2D eigenvalue weighted by Gasteiger charge is 2.14. The minimum atomic E-state index is 0.232. The van der Waals surface area contributed by atoms with Gasteiger partial charge in [0.1, 0.15) is 11.5 Å². The van der Waals surface area contributed by atoms with E-state index in [4.69, 9.17) is 10.5 Å². The van der Waals surface area contributed by atoms with Crippen molar-refractivity contribution in [1.82, 2.24) is 14.9 Å². The van der Waals surface area contributed by atoms with Crippen LogP contribution in [0.25, 0.3) is 0 Å². The summed E-state index contributed by atoms with van der Waals surface area (Å²) in [6, 6.07) is 0. The van der Waals surface area contributed by atoms with E-state index in [-0.39, 0.29) is 5.92 Å². The van der Waals surface area contributed by atoms with Crippen molar-refractivity contribution in [3.63, 3.8) is 0 Å². The van der Waals surface area contributed by atoms with Crippen molar-refractivity contribution in [2.75, 3.05) is 43.8 Å². The summed E-state index contributed by atoms with van der Waals surface area (Å²) >= 11 is 0. The lowest BCUT2D eigenvalue weighted by Gasteiger charge is -2.18. The quantitative estimate of drug-likeness (QED) is 0.647. The molecule has 0 fully saturated rings. The molecule has 0 aliphatic carbocycles. The van der Waals surface area contributed by atoms with Crippen LogP contribution >= 0.6 is 0 Å². The van der Waals surface area contributed by atoms with Gasteiger partial charge in [-0.2, -0.15) is 4.98 Å². The maximum absolute atomic E-state index is 6.11. The van der Waals surface area contributed by atoms with E-state index in [0.29, 0.717) is 24.0 Å². The molecule has 22 heavy (non-hydrogen) atoms. The molecule has 1 rings (SSSR count). The van der Waals surface area contributed by atoms with Crippen LogP contribution in [0.5, 0.6) is 5.88 Å². The fraction of sp³-hybridized carbons (Fsp3) is 0.750. The van der Waals surface area contributed by atoms with Crippen LogP contribution in [-0.2, 0) is 0 Å². The van der Waals surface area contributed by atoms with Gasteiger partial charge in [-0.05, 0) is 33.0 Å². The molecule has 3 N–H and O–H groups in total. The lowest BCUT2D eigenvalue weighted by molar-refractivity contribution is 0.303. The molecule has 0 atom stereocenters. The number of nitrogens with zero attached hydrogens (tertiary/aromatic N) is 3. The van der Waals surface area contributed by atoms with Crippen molar-refractivity contribution >= 4 is 11.5 Å². The summed E-state index contributed by atoms with van der Waals surface area (Å²) in [5.74, 6) is 2.15. The van der Waals surface area contributed by atoms with Gasteiger partial charge in [-0.15, -0.1) is 0 Å². The van der Waals surface area contributed by atoms with Crippen molar-refractivity contribution in [1.29, 1.82) is 0 Å². The molecule has 0 aromatic carbocycles. The molecule has 1 heterocycles. The highest BCUT2D eigenvalue weighted by molar-refractivity contribution is 5.67. The number of rotatable bonds is 10. The topological polar surface area (TPSA) is 76.3 Å². The molecular weight excluding hydrogens is 278 g/mol. The minimum Gasteiger partial charge on any atom is -0.476 e. The molecule has 0 saturated heterocycles. The molecule has 0 aliphatic rings. The molecule has 0 unspecified atom stereocenters. The molecule has 6 nitrogen and oxygen atoms in total. The highest BCUT2D eigenvalue weighted by atomic mass is 16.5. The van der Waals surface area contributed by atoms with Crippen LogP contribution in [0.4, 0.5) is 11.5 Å². The average Bonchev–Trinajstić information content (AvgIpc) is 2.50. The first kappa shape index (κ1) is 18.5. The molecule has 0 spiro atoms. The van der Waals surface area contributed by atoms with Crippen LogP contribution < -0.4 is 15.8 Å². The lowest BCUT2D eigenvalue weighted by Crippen LogP contribution is -2.25. The Bertz CT molecular complexity index is 446. The summed E-state index contributed by atoms with van der Waals surface area (Å²) < 4.78 is 5.52. The van der Waals surface area contributed by atoms with E-state index in [1.165, 1.54) is 0 Å². The van der Waals surface area contributed by atoms with Crippen LogP contribution in [0.1, 0.15) is 52.8 Å². The van der Waals surface area contributed by atoms with Gasteiger partial charge in [0.15, 0.2) is 5.82 Å². The van der Waals surface area contributed by atoms with Gasteiger partial charge in [0.25, 0.3) is 0 Å². The van der Waals surface area contributed by atoms with Gasteiger partial charge in [0.05, 0.1) is 6.61 Å². The monoisotopic (exact) mass is 309 g/mol. The van der Waals surface area contributed by atoms with Crippen LogP contribution in [0.15, 0.2) is 0 Å². The molecule has 0 saturated carbocycles. The van der Waals surface area contributed by atoms with Crippen LogP contribution in [0, 0.1) is 0 Å². The number of hydrogen-bond donors (Lipinski definition) is 2. The van der Waals surface area contributed by atoms with Crippen molar-refractivity contribution in [3.8, 4) is 5.88 Å². The number of hydrogen-bond acceptors (Lipinski definition) is 6. The molecule has 0 aliphatic heterocycles. The Hall–Kier alpha value is -1.56. The number of anilines is 2. The smallest absolute Gasteiger partial charge is 0.242 e. The third kappa shape index (κ3) is 5.33. The lowest BCUT2D eigenvalue weighted by atomic mass is 10.2.